The number of hydrogen-bond donors (Lipinski definition) is 1. The lowest BCUT2D eigenvalue weighted by Gasteiger charge is -2.33. The van der Waals surface area contributed by atoms with Crippen molar-refractivity contribution in [1.29, 1.82) is 0 Å². The van der Waals surface area contributed by atoms with Crippen molar-refractivity contribution in [2.24, 2.45) is 11.3 Å². The molecule has 0 unspecified atom stereocenters. The third-order valence-corrected chi connectivity index (χ3v) is 6.65. The van der Waals surface area contributed by atoms with Crippen LogP contribution in [0.2, 0.25) is 0 Å². The Morgan fingerprint density at radius 2 is 1.91 bits per heavy atom. The van der Waals surface area contributed by atoms with Crippen LogP contribution in [-0.2, 0) is 11.3 Å². The van der Waals surface area contributed by atoms with Gasteiger partial charge in [0.2, 0.25) is 5.91 Å². The van der Waals surface area contributed by atoms with E-state index >= 15 is 0 Å². The van der Waals surface area contributed by atoms with Gasteiger partial charge in [-0.1, -0.05) is 26.0 Å². The molecule has 2 aliphatic heterocycles. The maximum atomic E-state index is 12.9. The van der Waals surface area contributed by atoms with Crippen LogP contribution >= 0.6 is 0 Å². The van der Waals surface area contributed by atoms with Gasteiger partial charge in [0.05, 0.1) is 5.56 Å². The van der Waals surface area contributed by atoms with Crippen LogP contribution in [0.25, 0.3) is 0 Å². The fourth-order valence-electron chi connectivity index (χ4n) is 4.78. The molecule has 6 heteroatoms. The van der Waals surface area contributed by atoms with Crippen LogP contribution < -0.4 is 5.32 Å². The Labute approximate surface area is 191 Å². The molecule has 1 aromatic heterocycles. The van der Waals surface area contributed by atoms with Crippen molar-refractivity contribution in [3.05, 3.63) is 59.4 Å². The summed E-state index contributed by atoms with van der Waals surface area (Å²) in [6.45, 7) is 10.9. The van der Waals surface area contributed by atoms with Crippen molar-refractivity contribution in [3.63, 3.8) is 0 Å². The van der Waals surface area contributed by atoms with Gasteiger partial charge in [0.1, 0.15) is 0 Å². The number of nitrogens with zero attached hydrogens (tertiary/aromatic N) is 3. The molecule has 0 bridgehead atoms. The van der Waals surface area contributed by atoms with Crippen LogP contribution in [0.3, 0.4) is 0 Å². The van der Waals surface area contributed by atoms with Crippen molar-refractivity contribution in [2.75, 3.05) is 31.5 Å². The first-order valence-corrected chi connectivity index (χ1v) is 11.6. The van der Waals surface area contributed by atoms with Gasteiger partial charge in [-0.05, 0) is 74.0 Å². The SMILES string of the molecule is Cc1cncc(C(=O)Nc2cccc(CN3CCC(C(=O)N4CCC(C)(C)C4)CC3)c2)c1. The van der Waals surface area contributed by atoms with E-state index in [1.54, 1.807) is 12.4 Å². The first kappa shape index (κ1) is 22.5. The Balaban J connectivity index is 1.29. The normalized spacial score (nSPS) is 19.2. The number of amides is 2. The number of likely N-dealkylation sites (tertiary alicyclic amines) is 2. The number of hydrogen-bond acceptors (Lipinski definition) is 4. The van der Waals surface area contributed by atoms with Crippen molar-refractivity contribution in [2.45, 2.75) is 46.6 Å². The zero-order valence-corrected chi connectivity index (χ0v) is 19.4. The van der Waals surface area contributed by atoms with Gasteiger partial charge in [0, 0.05) is 43.6 Å². The van der Waals surface area contributed by atoms with Crippen molar-refractivity contribution >= 4 is 17.5 Å². The molecule has 2 fully saturated rings. The standard InChI is InChI=1S/C26H34N4O2/c1-19-13-22(16-27-15-19)24(31)28-23-6-4-5-20(14-23)17-29-10-7-21(8-11-29)25(32)30-12-9-26(2,3)18-30/h4-6,13-16,21H,7-12,17-18H2,1-3H3,(H,28,31). The second-order valence-corrected chi connectivity index (χ2v) is 10.1. The summed E-state index contributed by atoms with van der Waals surface area (Å²) in [6.07, 6.45) is 6.27. The molecule has 0 aliphatic carbocycles. The molecular formula is C26H34N4O2. The molecular weight excluding hydrogens is 400 g/mol. The van der Waals surface area contributed by atoms with Gasteiger partial charge >= 0.3 is 0 Å². The van der Waals surface area contributed by atoms with E-state index in [0.717, 1.165) is 68.8 Å². The summed E-state index contributed by atoms with van der Waals surface area (Å²) in [5.74, 6) is 0.363. The minimum Gasteiger partial charge on any atom is -0.342 e. The summed E-state index contributed by atoms with van der Waals surface area (Å²) in [5.41, 5.74) is 3.73. The second-order valence-electron chi connectivity index (χ2n) is 10.1. The highest BCUT2D eigenvalue weighted by molar-refractivity contribution is 6.04. The number of benzene rings is 1. The molecule has 2 saturated heterocycles. The molecule has 0 radical (unpaired) electrons. The molecule has 1 N–H and O–H groups in total. The van der Waals surface area contributed by atoms with Crippen LogP contribution in [0.4, 0.5) is 5.69 Å². The van der Waals surface area contributed by atoms with Gasteiger partial charge in [-0.3, -0.25) is 19.5 Å². The molecule has 1 aromatic carbocycles. The van der Waals surface area contributed by atoms with E-state index in [-0.39, 0.29) is 17.2 Å². The van der Waals surface area contributed by atoms with Crippen LogP contribution in [0.15, 0.2) is 42.7 Å². The molecule has 0 spiro atoms. The van der Waals surface area contributed by atoms with Crippen LogP contribution in [0.5, 0.6) is 0 Å². The van der Waals surface area contributed by atoms with Crippen LogP contribution in [-0.4, -0.2) is 52.8 Å². The average molecular weight is 435 g/mol. The zero-order valence-electron chi connectivity index (χ0n) is 19.4. The van der Waals surface area contributed by atoms with Gasteiger partial charge in [-0.2, -0.15) is 0 Å². The topological polar surface area (TPSA) is 65.5 Å². The van der Waals surface area contributed by atoms with Crippen molar-refractivity contribution in [3.8, 4) is 0 Å². The van der Waals surface area contributed by atoms with Crippen molar-refractivity contribution < 1.29 is 9.59 Å². The quantitative estimate of drug-likeness (QED) is 0.769. The Bertz CT molecular complexity index is 979. The number of rotatable bonds is 5. The molecule has 4 rings (SSSR count). The largest absolute Gasteiger partial charge is 0.342 e. The molecule has 6 nitrogen and oxygen atoms in total. The summed E-state index contributed by atoms with van der Waals surface area (Å²) in [6, 6.07) is 9.84. The highest BCUT2D eigenvalue weighted by atomic mass is 16.2. The minimum atomic E-state index is -0.150. The number of carbonyl (C=O) groups is 2. The first-order chi connectivity index (χ1) is 15.3. The number of piperidine rings is 1. The molecule has 170 valence electrons. The van der Waals surface area contributed by atoms with E-state index < -0.39 is 0 Å². The van der Waals surface area contributed by atoms with Gasteiger partial charge in [-0.15, -0.1) is 0 Å². The summed E-state index contributed by atoms with van der Waals surface area (Å²) in [7, 11) is 0. The highest BCUT2D eigenvalue weighted by Gasteiger charge is 2.36. The van der Waals surface area contributed by atoms with Gasteiger partial charge in [0.25, 0.3) is 5.91 Å². The molecule has 3 heterocycles. The monoisotopic (exact) mass is 434 g/mol. The number of nitrogens with one attached hydrogen (secondary N) is 1. The van der Waals surface area contributed by atoms with E-state index in [9.17, 15) is 9.59 Å². The Hall–Kier alpha value is -2.73. The predicted octanol–water partition coefficient (Wildman–Crippen LogP) is 4.11. The second kappa shape index (κ2) is 9.41. The number of carbonyl (C=O) groups excluding carboxylic acids is 2. The van der Waals surface area contributed by atoms with E-state index in [2.05, 4.69) is 40.0 Å². The molecule has 2 aliphatic rings. The molecule has 0 saturated carbocycles. The fraction of sp³-hybridized carbons (Fsp3) is 0.500. The third-order valence-electron chi connectivity index (χ3n) is 6.65. The molecule has 2 amide bonds. The van der Waals surface area contributed by atoms with Gasteiger partial charge in [-0.25, -0.2) is 0 Å². The smallest absolute Gasteiger partial charge is 0.257 e. The summed E-state index contributed by atoms with van der Waals surface area (Å²) < 4.78 is 0. The lowest BCUT2D eigenvalue weighted by Crippen LogP contribution is -2.42. The van der Waals surface area contributed by atoms with Gasteiger partial charge < -0.3 is 10.2 Å². The molecule has 2 aromatic rings. The minimum absolute atomic E-state index is 0.150. The summed E-state index contributed by atoms with van der Waals surface area (Å²) >= 11 is 0. The third kappa shape index (κ3) is 5.54. The summed E-state index contributed by atoms with van der Waals surface area (Å²) in [4.78, 5) is 34.0. The molecule has 0 atom stereocenters. The first-order valence-electron chi connectivity index (χ1n) is 11.6. The average Bonchev–Trinajstić information content (AvgIpc) is 3.14. The zero-order chi connectivity index (χ0) is 22.7. The number of anilines is 1. The van der Waals surface area contributed by atoms with Gasteiger partial charge in [0.15, 0.2) is 0 Å². The van der Waals surface area contributed by atoms with E-state index in [1.165, 1.54) is 0 Å². The summed E-state index contributed by atoms with van der Waals surface area (Å²) in [5, 5.41) is 2.98. The maximum Gasteiger partial charge on any atom is 0.257 e. The van der Waals surface area contributed by atoms with Crippen molar-refractivity contribution in [1.82, 2.24) is 14.8 Å². The highest BCUT2D eigenvalue weighted by Crippen LogP contribution is 2.31. The predicted molar refractivity (Wildman–Crippen MR) is 126 cm³/mol. The number of aromatic nitrogens is 1. The van der Waals surface area contributed by atoms with E-state index in [0.29, 0.717) is 11.5 Å². The Morgan fingerprint density at radius 1 is 1.12 bits per heavy atom. The van der Waals surface area contributed by atoms with E-state index in [1.807, 2.05) is 31.2 Å². The molecule has 32 heavy (non-hydrogen) atoms. The number of pyridine rings is 1. The van der Waals surface area contributed by atoms with Crippen LogP contribution in [0, 0.1) is 18.3 Å². The fourth-order valence-corrected chi connectivity index (χ4v) is 4.78. The van der Waals surface area contributed by atoms with E-state index in [4.69, 9.17) is 0 Å². The number of aryl methyl sites for hydroxylation is 1. The Morgan fingerprint density at radius 3 is 2.59 bits per heavy atom. The Kier molecular flexibility index (Phi) is 6.60. The lowest BCUT2D eigenvalue weighted by molar-refractivity contribution is -0.136. The van der Waals surface area contributed by atoms with Crippen LogP contribution in [0.1, 0.15) is 54.6 Å². The maximum absolute atomic E-state index is 12.9. The lowest BCUT2D eigenvalue weighted by atomic mass is 9.92.